The Bertz CT molecular complexity index is 440. The molecule has 2 aliphatic carbocycles. The molecule has 1 saturated carbocycles. The van der Waals surface area contributed by atoms with Crippen LogP contribution in [0.25, 0.3) is 0 Å². The molecule has 2 aliphatic rings. The number of hydrogen-bond donors (Lipinski definition) is 3. The van der Waals surface area contributed by atoms with E-state index in [1.807, 2.05) is 12.1 Å². The summed E-state index contributed by atoms with van der Waals surface area (Å²) in [6.07, 6.45) is 5.70. The van der Waals surface area contributed by atoms with Crippen LogP contribution in [-0.4, -0.2) is 23.4 Å². The molecular formula is C15H21NO2. The van der Waals surface area contributed by atoms with Crippen molar-refractivity contribution in [2.24, 2.45) is 5.41 Å². The van der Waals surface area contributed by atoms with Crippen molar-refractivity contribution >= 4 is 0 Å². The predicted molar refractivity (Wildman–Crippen MR) is 70.5 cm³/mol. The molecule has 0 aliphatic heterocycles. The van der Waals surface area contributed by atoms with E-state index < -0.39 is 0 Å². The summed E-state index contributed by atoms with van der Waals surface area (Å²) in [5.74, 6) is 0.353. The average Bonchev–Trinajstić information content (AvgIpc) is 3.17. The number of nitrogens with one attached hydrogen (secondary N) is 1. The second kappa shape index (κ2) is 4.56. The van der Waals surface area contributed by atoms with Gasteiger partial charge in [-0.25, -0.2) is 0 Å². The average molecular weight is 247 g/mol. The predicted octanol–water partition coefficient (Wildman–Crippen LogP) is 2.13. The highest BCUT2D eigenvalue weighted by atomic mass is 16.3. The minimum atomic E-state index is 0.147. The summed E-state index contributed by atoms with van der Waals surface area (Å²) in [5.41, 5.74) is 2.74. The molecule has 1 aromatic rings. The van der Waals surface area contributed by atoms with Gasteiger partial charge in [0.25, 0.3) is 0 Å². The van der Waals surface area contributed by atoms with E-state index in [4.69, 9.17) is 0 Å². The zero-order valence-electron chi connectivity index (χ0n) is 10.7. The Morgan fingerprint density at radius 3 is 2.89 bits per heavy atom. The van der Waals surface area contributed by atoms with Gasteiger partial charge in [0.15, 0.2) is 0 Å². The first-order valence-electron chi connectivity index (χ1n) is 6.88. The first-order chi connectivity index (χ1) is 8.72. The van der Waals surface area contributed by atoms with E-state index in [0.717, 1.165) is 32.2 Å². The van der Waals surface area contributed by atoms with Crippen LogP contribution >= 0.6 is 0 Å². The van der Waals surface area contributed by atoms with E-state index in [0.29, 0.717) is 18.4 Å². The number of aryl methyl sites for hydroxylation is 1. The SMILES string of the molecule is OCC1(CNC2CCCc3ccc(O)cc32)CC1. The standard InChI is InChI=1S/C15H21NO2/c17-10-15(6-7-15)9-16-14-3-1-2-11-4-5-12(18)8-13(11)14/h4-5,8,14,16-18H,1-3,6-7,9-10H2. The molecule has 0 spiro atoms. The number of aliphatic hydroxyl groups is 1. The molecule has 0 bridgehead atoms. The molecule has 1 atom stereocenters. The zero-order valence-corrected chi connectivity index (χ0v) is 10.7. The molecule has 98 valence electrons. The van der Waals surface area contributed by atoms with Gasteiger partial charge in [-0.05, 0) is 55.4 Å². The van der Waals surface area contributed by atoms with E-state index >= 15 is 0 Å². The van der Waals surface area contributed by atoms with E-state index in [-0.39, 0.29) is 5.41 Å². The van der Waals surface area contributed by atoms with E-state index in [1.165, 1.54) is 17.5 Å². The summed E-state index contributed by atoms with van der Waals surface area (Å²) < 4.78 is 0. The highest BCUT2D eigenvalue weighted by Crippen LogP contribution is 2.45. The van der Waals surface area contributed by atoms with Gasteiger partial charge in [0.05, 0.1) is 0 Å². The monoisotopic (exact) mass is 247 g/mol. The fourth-order valence-corrected chi connectivity index (χ4v) is 2.91. The van der Waals surface area contributed by atoms with Crippen molar-refractivity contribution in [2.45, 2.75) is 38.1 Å². The molecule has 1 fully saturated rings. The molecule has 0 radical (unpaired) electrons. The van der Waals surface area contributed by atoms with Gasteiger partial charge in [-0.15, -0.1) is 0 Å². The number of hydrogen-bond acceptors (Lipinski definition) is 3. The number of phenols is 1. The van der Waals surface area contributed by atoms with Gasteiger partial charge in [0.2, 0.25) is 0 Å². The largest absolute Gasteiger partial charge is 0.508 e. The van der Waals surface area contributed by atoms with Gasteiger partial charge in [-0.1, -0.05) is 6.07 Å². The number of rotatable bonds is 4. The fourth-order valence-electron chi connectivity index (χ4n) is 2.91. The maximum atomic E-state index is 9.62. The minimum Gasteiger partial charge on any atom is -0.508 e. The van der Waals surface area contributed by atoms with E-state index in [1.54, 1.807) is 6.07 Å². The fraction of sp³-hybridized carbons (Fsp3) is 0.600. The topological polar surface area (TPSA) is 52.5 Å². The molecule has 3 rings (SSSR count). The lowest BCUT2D eigenvalue weighted by molar-refractivity contribution is 0.202. The summed E-state index contributed by atoms with van der Waals surface area (Å²) in [7, 11) is 0. The van der Waals surface area contributed by atoms with Crippen LogP contribution in [0.15, 0.2) is 18.2 Å². The zero-order chi connectivity index (χ0) is 12.6. The number of phenolic OH excluding ortho intramolecular Hbond substituents is 1. The summed E-state index contributed by atoms with van der Waals surface area (Å²) in [6, 6.07) is 6.05. The quantitative estimate of drug-likeness (QED) is 0.764. The molecule has 0 heterocycles. The van der Waals surface area contributed by atoms with Crippen molar-refractivity contribution in [3.05, 3.63) is 29.3 Å². The molecule has 3 nitrogen and oxygen atoms in total. The van der Waals surface area contributed by atoms with Gasteiger partial charge in [-0.2, -0.15) is 0 Å². The normalized spacial score (nSPS) is 24.6. The van der Waals surface area contributed by atoms with Crippen LogP contribution in [0.2, 0.25) is 0 Å². The van der Waals surface area contributed by atoms with Gasteiger partial charge in [0.1, 0.15) is 5.75 Å². The van der Waals surface area contributed by atoms with E-state index in [2.05, 4.69) is 5.32 Å². The Hall–Kier alpha value is -1.06. The summed E-state index contributed by atoms with van der Waals surface area (Å²) in [5, 5.41) is 22.6. The molecule has 0 amide bonds. The van der Waals surface area contributed by atoms with Crippen LogP contribution < -0.4 is 5.32 Å². The number of benzene rings is 1. The van der Waals surface area contributed by atoms with Crippen LogP contribution in [-0.2, 0) is 6.42 Å². The van der Waals surface area contributed by atoms with E-state index in [9.17, 15) is 10.2 Å². The Balaban J connectivity index is 1.72. The van der Waals surface area contributed by atoms with Crippen molar-refractivity contribution in [1.82, 2.24) is 5.32 Å². The maximum Gasteiger partial charge on any atom is 0.115 e. The second-order valence-electron chi connectivity index (χ2n) is 5.87. The van der Waals surface area contributed by atoms with Crippen molar-refractivity contribution in [3.63, 3.8) is 0 Å². The Morgan fingerprint density at radius 1 is 1.33 bits per heavy atom. The van der Waals surface area contributed by atoms with Crippen molar-refractivity contribution in [1.29, 1.82) is 0 Å². The van der Waals surface area contributed by atoms with Crippen LogP contribution in [0.3, 0.4) is 0 Å². The Labute approximate surface area is 108 Å². The smallest absolute Gasteiger partial charge is 0.115 e. The number of aliphatic hydroxyl groups excluding tert-OH is 1. The van der Waals surface area contributed by atoms with Gasteiger partial charge in [0, 0.05) is 24.6 Å². The molecule has 1 unspecified atom stereocenters. The lowest BCUT2D eigenvalue weighted by atomic mass is 9.87. The third-order valence-electron chi connectivity index (χ3n) is 4.46. The van der Waals surface area contributed by atoms with Crippen LogP contribution in [0.4, 0.5) is 0 Å². The number of aromatic hydroxyl groups is 1. The lowest BCUT2D eigenvalue weighted by Gasteiger charge is -2.28. The summed E-state index contributed by atoms with van der Waals surface area (Å²) in [4.78, 5) is 0. The molecule has 3 N–H and O–H groups in total. The minimum absolute atomic E-state index is 0.147. The molecule has 1 aromatic carbocycles. The first-order valence-corrected chi connectivity index (χ1v) is 6.88. The van der Waals surface area contributed by atoms with Crippen LogP contribution in [0, 0.1) is 5.41 Å². The lowest BCUT2D eigenvalue weighted by Crippen LogP contribution is -2.32. The Morgan fingerprint density at radius 2 is 2.17 bits per heavy atom. The summed E-state index contributed by atoms with van der Waals surface area (Å²) in [6.45, 7) is 1.18. The first kappa shape index (κ1) is 12.0. The molecular weight excluding hydrogens is 226 g/mol. The molecule has 18 heavy (non-hydrogen) atoms. The van der Waals surface area contributed by atoms with Crippen molar-refractivity contribution in [3.8, 4) is 5.75 Å². The van der Waals surface area contributed by atoms with Crippen molar-refractivity contribution < 1.29 is 10.2 Å². The summed E-state index contributed by atoms with van der Waals surface area (Å²) >= 11 is 0. The van der Waals surface area contributed by atoms with Gasteiger partial charge >= 0.3 is 0 Å². The van der Waals surface area contributed by atoms with Crippen LogP contribution in [0.5, 0.6) is 5.75 Å². The highest BCUT2D eigenvalue weighted by Gasteiger charge is 2.42. The third kappa shape index (κ3) is 2.25. The van der Waals surface area contributed by atoms with Gasteiger partial charge < -0.3 is 15.5 Å². The van der Waals surface area contributed by atoms with Crippen LogP contribution in [0.1, 0.15) is 42.9 Å². The maximum absolute atomic E-state index is 9.62. The molecule has 0 saturated heterocycles. The Kier molecular flexibility index (Phi) is 3.04. The van der Waals surface area contributed by atoms with Crippen molar-refractivity contribution in [2.75, 3.05) is 13.2 Å². The third-order valence-corrected chi connectivity index (χ3v) is 4.46. The molecule has 3 heteroatoms. The van der Waals surface area contributed by atoms with Gasteiger partial charge in [-0.3, -0.25) is 0 Å². The second-order valence-corrected chi connectivity index (χ2v) is 5.87. The molecule has 0 aromatic heterocycles. The highest BCUT2D eigenvalue weighted by molar-refractivity contribution is 5.38. The number of fused-ring (bicyclic) bond motifs is 1.